The molecule has 0 unspecified atom stereocenters. The van der Waals surface area contributed by atoms with Crippen molar-refractivity contribution >= 4 is 6.09 Å². The number of amides is 1. The van der Waals surface area contributed by atoms with Crippen LogP contribution in [0.4, 0.5) is 4.79 Å². The summed E-state index contributed by atoms with van der Waals surface area (Å²) < 4.78 is 5.08. The lowest BCUT2D eigenvalue weighted by Crippen LogP contribution is -2.60. The summed E-state index contributed by atoms with van der Waals surface area (Å²) in [6.45, 7) is 12.0. The van der Waals surface area contributed by atoms with Crippen LogP contribution in [0.3, 0.4) is 0 Å². The molecule has 1 N–H and O–H groups in total. The van der Waals surface area contributed by atoms with Gasteiger partial charge in [-0.3, -0.25) is 5.32 Å². The van der Waals surface area contributed by atoms with Crippen LogP contribution in [0.5, 0.6) is 0 Å². The van der Waals surface area contributed by atoms with Crippen LogP contribution >= 0.6 is 0 Å². The van der Waals surface area contributed by atoms with Gasteiger partial charge in [0.25, 0.3) is 0 Å². The van der Waals surface area contributed by atoms with E-state index in [4.69, 9.17) is 4.74 Å². The second kappa shape index (κ2) is 8.86. The number of carbonyl (C=O) groups is 1. The van der Waals surface area contributed by atoms with Gasteiger partial charge in [0.1, 0.15) is 5.54 Å². The molecule has 6 nitrogen and oxygen atoms in total. The highest BCUT2D eigenvalue weighted by Crippen LogP contribution is 2.28. The third-order valence-electron chi connectivity index (χ3n) is 4.99. The highest BCUT2D eigenvalue weighted by atomic mass is 16.6. The van der Waals surface area contributed by atoms with Crippen molar-refractivity contribution in [2.24, 2.45) is 0 Å². The molecular formula is C19H36N4O2. The molecule has 2 aliphatic rings. The Morgan fingerprint density at radius 1 is 1.24 bits per heavy atom. The van der Waals surface area contributed by atoms with Gasteiger partial charge >= 0.3 is 6.09 Å². The summed E-state index contributed by atoms with van der Waals surface area (Å²) in [5.74, 6) is 0. The van der Waals surface area contributed by atoms with Crippen molar-refractivity contribution in [1.82, 2.24) is 15.1 Å². The minimum atomic E-state index is -0.402. The van der Waals surface area contributed by atoms with Gasteiger partial charge in [0.05, 0.1) is 12.7 Å². The summed E-state index contributed by atoms with van der Waals surface area (Å²) in [5.41, 5.74) is -0.455. The largest absolute Gasteiger partial charge is 0.450 e. The molecule has 6 heteroatoms. The molecule has 2 fully saturated rings. The molecule has 1 amide bonds. The summed E-state index contributed by atoms with van der Waals surface area (Å²) >= 11 is 0. The number of nitrogens with zero attached hydrogens (tertiary/aromatic N) is 3. The van der Waals surface area contributed by atoms with Gasteiger partial charge in [-0.25, -0.2) is 4.79 Å². The van der Waals surface area contributed by atoms with Crippen molar-refractivity contribution in [3.8, 4) is 6.07 Å². The third kappa shape index (κ3) is 5.86. The van der Waals surface area contributed by atoms with Crippen LogP contribution in [0, 0.1) is 11.3 Å². The fourth-order valence-corrected chi connectivity index (χ4v) is 3.88. The highest BCUT2D eigenvalue weighted by molar-refractivity contribution is 5.67. The molecule has 25 heavy (non-hydrogen) atoms. The lowest BCUT2D eigenvalue weighted by atomic mass is 9.85. The number of hydrogen-bond acceptors (Lipinski definition) is 5. The van der Waals surface area contributed by atoms with E-state index in [-0.39, 0.29) is 19.1 Å². The van der Waals surface area contributed by atoms with E-state index in [0.717, 1.165) is 51.9 Å². The molecule has 144 valence electrons. The van der Waals surface area contributed by atoms with Crippen molar-refractivity contribution in [2.75, 3.05) is 32.8 Å². The second-order valence-corrected chi connectivity index (χ2v) is 8.02. The van der Waals surface area contributed by atoms with Gasteiger partial charge in [0.2, 0.25) is 0 Å². The number of piperidine rings is 2. The molecule has 0 bridgehead atoms. The molecule has 0 radical (unpaired) electrons. The minimum Gasteiger partial charge on any atom is -0.450 e. The molecule has 0 aliphatic carbocycles. The average Bonchev–Trinajstić information content (AvgIpc) is 2.54. The van der Waals surface area contributed by atoms with Gasteiger partial charge in [-0.1, -0.05) is 7.43 Å². The predicted molar refractivity (Wildman–Crippen MR) is 100 cm³/mol. The molecule has 0 spiro atoms. The van der Waals surface area contributed by atoms with E-state index < -0.39 is 5.54 Å². The SMILES string of the molecule is C.CCOC(=O)N1CCC(N2CCC(C#N)(NC(C)(C)C)CC2)CC1. The van der Waals surface area contributed by atoms with Crippen molar-refractivity contribution < 1.29 is 9.53 Å². The Kier molecular flexibility index (Phi) is 7.70. The number of nitrogens with one attached hydrogen (secondary N) is 1. The van der Waals surface area contributed by atoms with Crippen LogP contribution < -0.4 is 5.32 Å². The van der Waals surface area contributed by atoms with Crippen LogP contribution in [0.15, 0.2) is 0 Å². The number of ether oxygens (including phenoxy) is 1. The molecule has 2 saturated heterocycles. The smallest absolute Gasteiger partial charge is 0.409 e. The maximum absolute atomic E-state index is 11.8. The first-order valence-electron chi connectivity index (χ1n) is 9.15. The van der Waals surface area contributed by atoms with E-state index in [0.29, 0.717) is 12.6 Å². The Balaban J connectivity index is 0.00000312. The van der Waals surface area contributed by atoms with Gasteiger partial charge < -0.3 is 14.5 Å². The first kappa shape index (κ1) is 21.7. The molecule has 2 heterocycles. The summed E-state index contributed by atoms with van der Waals surface area (Å²) in [6.07, 6.45) is 3.51. The number of hydrogen-bond donors (Lipinski definition) is 1. The van der Waals surface area contributed by atoms with Gasteiger partial charge in [-0.15, -0.1) is 0 Å². The lowest BCUT2D eigenvalue weighted by molar-refractivity contribution is 0.0556. The Morgan fingerprint density at radius 3 is 2.24 bits per heavy atom. The van der Waals surface area contributed by atoms with Crippen LogP contribution in [0.25, 0.3) is 0 Å². The van der Waals surface area contributed by atoms with Gasteiger partial charge in [0.15, 0.2) is 0 Å². The fraction of sp³-hybridized carbons (Fsp3) is 0.895. The van der Waals surface area contributed by atoms with E-state index in [1.807, 2.05) is 11.8 Å². The Labute approximate surface area is 153 Å². The topological polar surface area (TPSA) is 68.6 Å². The van der Waals surface area contributed by atoms with Gasteiger partial charge in [-0.05, 0) is 53.4 Å². The van der Waals surface area contributed by atoms with E-state index in [9.17, 15) is 10.1 Å². The molecule has 0 saturated carbocycles. The van der Waals surface area contributed by atoms with Crippen molar-refractivity contribution in [3.05, 3.63) is 0 Å². The summed E-state index contributed by atoms with van der Waals surface area (Å²) in [6, 6.07) is 3.04. The van der Waals surface area contributed by atoms with E-state index in [1.165, 1.54) is 0 Å². The maximum atomic E-state index is 11.8. The van der Waals surface area contributed by atoms with Crippen molar-refractivity contribution in [3.63, 3.8) is 0 Å². The molecular weight excluding hydrogens is 316 g/mol. The number of carbonyl (C=O) groups excluding carboxylic acids is 1. The van der Waals surface area contributed by atoms with Crippen LogP contribution in [-0.2, 0) is 4.74 Å². The maximum Gasteiger partial charge on any atom is 0.409 e. The third-order valence-corrected chi connectivity index (χ3v) is 4.99. The van der Waals surface area contributed by atoms with Crippen LogP contribution in [0.2, 0.25) is 0 Å². The molecule has 0 aromatic heterocycles. The predicted octanol–water partition coefficient (Wildman–Crippen LogP) is 2.99. The van der Waals surface area contributed by atoms with Crippen molar-refractivity contribution in [2.45, 2.75) is 77.9 Å². The summed E-state index contributed by atoms with van der Waals surface area (Å²) in [4.78, 5) is 16.1. The first-order chi connectivity index (χ1) is 11.3. The quantitative estimate of drug-likeness (QED) is 0.846. The molecule has 2 aliphatic heterocycles. The summed E-state index contributed by atoms with van der Waals surface area (Å²) in [7, 11) is 0. The first-order valence-corrected chi connectivity index (χ1v) is 9.15. The average molecular weight is 353 g/mol. The molecule has 2 rings (SSSR count). The van der Waals surface area contributed by atoms with Gasteiger partial charge in [0, 0.05) is 37.8 Å². The Morgan fingerprint density at radius 2 is 1.80 bits per heavy atom. The zero-order chi connectivity index (χ0) is 17.8. The summed E-state index contributed by atoms with van der Waals surface area (Å²) in [5, 5.41) is 13.2. The van der Waals surface area contributed by atoms with E-state index >= 15 is 0 Å². The number of likely N-dealkylation sites (tertiary alicyclic amines) is 2. The Bertz CT molecular complexity index is 465. The fourth-order valence-electron chi connectivity index (χ4n) is 3.88. The highest BCUT2D eigenvalue weighted by Gasteiger charge is 2.39. The van der Waals surface area contributed by atoms with Crippen LogP contribution in [0.1, 0.15) is 60.8 Å². The molecule has 0 aromatic carbocycles. The minimum absolute atomic E-state index is 0. The van der Waals surface area contributed by atoms with Gasteiger partial charge in [-0.2, -0.15) is 5.26 Å². The zero-order valence-corrected chi connectivity index (χ0v) is 15.6. The molecule has 0 atom stereocenters. The van der Waals surface area contributed by atoms with E-state index in [1.54, 1.807) is 0 Å². The monoisotopic (exact) mass is 352 g/mol. The lowest BCUT2D eigenvalue weighted by Gasteiger charge is -2.45. The second-order valence-electron chi connectivity index (χ2n) is 8.02. The zero-order valence-electron chi connectivity index (χ0n) is 15.6. The number of rotatable bonds is 3. The van der Waals surface area contributed by atoms with Crippen LogP contribution in [-0.4, -0.2) is 65.8 Å². The van der Waals surface area contributed by atoms with E-state index in [2.05, 4.69) is 37.1 Å². The Hall–Kier alpha value is -1.32. The normalized spacial score (nSPS) is 22.0. The molecule has 0 aromatic rings. The standard InChI is InChI=1S/C18H32N4O2.CH4/c1-5-24-16(23)22-10-6-15(7-11-22)21-12-8-18(14-19,9-13-21)20-17(2,3)4;/h15,20H,5-13H2,1-4H3;1H4. The van der Waals surface area contributed by atoms with Crippen molar-refractivity contribution in [1.29, 1.82) is 5.26 Å². The number of nitriles is 1.